The minimum atomic E-state index is -0.665. The minimum Gasteiger partial charge on any atom is -0.248 e. The first kappa shape index (κ1) is 14.9. The van der Waals surface area contributed by atoms with Gasteiger partial charge in [-0.15, -0.1) is 0 Å². The fourth-order valence-corrected chi connectivity index (χ4v) is 1.55. The standard InChI is InChI=1S/C13H25F2/c1-3-13(15)11-9-7-5-4-6-8-10-12(2)14/h5,12-13H,3-4,6-11H2,1-2H3. The third-order valence-electron chi connectivity index (χ3n) is 2.63. The molecule has 0 saturated heterocycles. The number of halogens is 2. The molecule has 0 amide bonds. The Kier molecular flexibility index (Phi) is 10.3. The number of hydrogen-bond donors (Lipinski definition) is 0. The lowest BCUT2D eigenvalue weighted by Crippen LogP contribution is -1.97. The van der Waals surface area contributed by atoms with Crippen LogP contribution in [0, 0.1) is 6.42 Å². The van der Waals surface area contributed by atoms with Crippen LogP contribution in [0.5, 0.6) is 0 Å². The molecule has 0 rings (SSSR count). The first-order valence-corrected chi connectivity index (χ1v) is 6.26. The molecule has 0 aliphatic carbocycles. The Morgan fingerprint density at radius 3 is 2.27 bits per heavy atom. The van der Waals surface area contributed by atoms with Gasteiger partial charge in [-0.2, -0.15) is 0 Å². The summed E-state index contributed by atoms with van der Waals surface area (Å²) in [6.07, 6.45) is 7.98. The van der Waals surface area contributed by atoms with Crippen molar-refractivity contribution in [1.29, 1.82) is 0 Å². The predicted molar refractivity (Wildman–Crippen MR) is 62.4 cm³/mol. The van der Waals surface area contributed by atoms with Crippen LogP contribution in [0.2, 0.25) is 0 Å². The zero-order valence-corrected chi connectivity index (χ0v) is 10.1. The summed E-state index contributed by atoms with van der Waals surface area (Å²) in [6.45, 7) is 3.49. The van der Waals surface area contributed by atoms with Crippen molar-refractivity contribution in [3.05, 3.63) is 6.42 Å². The Balaban J connectivity index is 2.99. The minimum absolute atomic E-state index is 0.620. The maximum atomic E-state index is 12.8. The van der Waals surface area contributed by atoms with Crippen molar-refractivity contribution in [2.24, 2.45) is 0 Å². The lowest BCUT2D eigenvalue weighted by atomic mass is 10.1. The number of hydrogen-bond acceptors (Lipinski definition) is 0. The quantitative estimate of drug-likeness (QED) is 0.452. The first-order valence-electron chi connectivity index (χ1n) is 6.26. The zero-order chi connectivity index (χ0) is 11.5. The molecule has 2 unspecified atom stereocenters. The highest BCUT2D eigenvalue weighted by Gasteiger charge is 2.02. The van der Waals surface area contributed by atoms with Gasteiger partial charge in [0.15, 0.2) is 0 Å². The van der Waals surface area contributed by atoms with Gasteiger partial charge >= 0.3 is 0 Å². The molecule has 0 aliphatic heterocycles. The summed E-state index contributed by atoms with van der Waals surface area (Å²) >= 11 is 0. The van der Waals surface area contributed by atoms with Crippen molar-refractivity contribution < 1.29 is 8.78 Å². The van der Waals surface area contributed by atoms with Crippen LogP contribution in [0.3, 0.4) is 0 Å². The summed E-state index contributed by atoms with van der Waals surface area (Å²) in [4.78, 5) is 0. The third-order valence-corrected chi connectivity index (χ3v) is 2.63. The second kappa shape index (κ2) is 10.4. The Morgan fingerprint density at radius 2 is 1.67 bits per heavy atom. The SMILES string of the molecule is CCC(F)CCC[CH]CCCCC(C)F. The normalized spacial score (nSPS) is 15.2. The molecule has 15 heavy (non-hydrogen) atoms. The van der Waals surface area contributed by atoms with Crippen LogP contribution in [0.1, 0.15) is 65.2 Å². The lowest BCUT2D eigenvalue weighted by Gasteiger charge is -2.04. The van der Waals surface area contributed by atoms with E-state index in [-0.39, 0.29) is 0 Å². The van der Waals surface area contributed by atoms with E-state index >= 15 is 0 Å². The van der Waals surface area contributed by atoms with Crippen LogP contribution in [0.25, 0.3) is 0 Å². The summed E-state index contributed by atoms with van der Waals surface area (Å²) in [7, 11) is 0. The number of rotatable bonds is 10. The van der Waals surface area contributed by atoms with E-state index in [0.717, 1.165) is 32.1 Å². The second-order valence-corrected chi connectivity index (χ2v) is 4.29. The maximum absolute atomic E-state index is 12.8. The fourth-order valence-electron chi connectivity index (χ4n) is 1.55. The van der Waals surface area contributed by atoms with Gasteiger partial charge in [-0.3, -0.25) is 0 Å². The molecule has 0 aliphatic rings. The topological polar surface area (TPSA) is 0 Å². The Morgan fingerprint density at radius 1 is 1.00 bits per heavy atom. The van der Waals surface area contributed by atoms with Crippen molar-refractivity contribution in [3.63, 3.8) is 0 Å². The van der Waals surface area contributed by atoms with E-state index in [1.165, 1.54) is 0 Å². The Hall–Kier alpha value is -0.140. The summed E-state index contributed by atoms with van der Waals surface area (Å²) < 4.78 is 25.2. The van der Waals surface area contributed by atoms with Crippen molar-refractivity contribution in [3.8, 4) is 0 Å². The molecule has 0 aromatic rings. The van der Waals surface area contributed by atoms with E-state index < -0.39 is 12.3 Å². The molecule has 0 aromatic heterocycles. The van der Waals surface area contributed by atoms with E-state index in [1.54, 1.807) is 6.92 Å². The molecule has 0 aromatic carbocycles. The first-order chi connectivity index (χ1) is 7.16. The average Bonchev–Trinajstić information content (AvgIpc) is 2.21. The van der Waals surface area contributed by atoms with E-state index in [1.807, 2.05) is 6.92 Å². The van der Waals surface area contributed by atoms with Crippen molar-refractivity contribution >= 4 is 0 Å². The molecule has 0 spiro atoms. The van der Waals surface area contributed by atoms with Gasteiger partial charge in [0.1, 0.15) is 0 Å². The van der Waals surface area contributed by atoms with Crippen molar-refractivity contribution in [1.82, 2.24) is 0 Å². The molecular weight excluding hydrogens is 194 g/mol. The molecule has 0 bridgehead atoms. The number of alkyl halides is 2. The Labute approximate surface area is 93.4 Å². The highest BCUT2D eigenvalue weighted by Crippen LogP contribution is 2.12. The molecule has 0 fully saturated rings. The van der Waals surface area contributed by atoms with E-state index in [4.69, 9.17) is 0 Å². The summed E-state index contributed by atoms with van der Waals surface area (Å²) in [6, 6.07) is 0. The van der Waals surface area contributed by atoms with Gasteiger partial charge in [0.25, 0.3) is 0 Å². The van der Waals surface area contributed by atoms with Gasteiger partial charge in [0, 0.05) is 0 Å². The van der Waals surface area contributed by atoms with Crippen LogP contribution in [0.15, 0.2) is 0 Å². The smallest absolute Gasteiger partial charge is 0.0999 e. The van der Waals surface area contributed by atoms with Gasteiger partial charge < -0.3 is 0 Å². The lowest BCUT2D eigenvalue weighted by molar-refractivity contribution is 0.299. The fraction of sp³-hybridized carbons (Fsp3) is 0.923. The van der Waals surface area contributed by atoms with Crippen molar-refractivity contribution in [2.75, 3.05) is 0 Å². The zero-order valence-electron chi connectivity index (χ0n) is 10.1. The molecule has 2 heteroatoms. The summed E-state index contributed by atoms with van der Waals surface area (Å²) in [5, 5.41) is 0. The Bertz CT molecular complexity index is 124. The summed E-state index contributed by atoms with van der Waals surface area (Å²) in [5.41, 5.74) is 0. The van der Waals surface area contributed by atoms with E-state index in [9.17, 15) is 8.78 Å². The van der Waals surface area contributed by atoms with Gasteiger partial charge in [-0.05, 0) is 32.6 Å². The molecule has 0 N–H and O–H groups in total. The average molecular weight is 219 g/mol. The maximum Gasteiger partial charge on any atom is 0.0999 e. The molecule has 1 radical (unpaired) electrons. The predicted octanol–water partition coefficient (Wildman–Crippen LogP) is 5.03. The highest BCUT2D eigenvalue weighted by molar-refractivity contribution is 4.66. The van der Waals surface area contributed by atoms with Crippen LogP contribution < -0.4 is 0 Å². The van der Waals surface area contributed by atoms with Gasteiger partial charge in [0.05, 0.1) is 12.3 Å². The van der Waals surface area contributed by atoms with Crippen molar-refractivity contribution in [2.45, 2.75) is 77.6 Å². The van der Waals surface area contributed by atoms with Gasteiger partial charge in [-0.25, -0.2) is 8.78 Å². The molecule has 91 valence electrons. The van der Waals surface area contributed by atoms with E-state index in [0.29, 0.717) is 19.3 Å². The van der Waals surface area contributed by atoms with Crippen LogP contribution in [0.4, 0.5) is 8.78 Å². The molecule has 0 saturated carbocycles. The highest BCUT2D eigenvalue weighted by atomic mass is 19.1. The van der Waals surface area contributed by atoms with Gasteiger partial charge in [0.2, 0.25) is 0 Å². The van der Waals surface area contributed by atoms with Crippen LogP contribution in [-0.4, -0.2) is 12.3 Å². The molecule has 0 heterocycles. The third kappa shape index (κ3) is 11.8. The van der Waals surface area contributed by atoms with Crippen LogP contribution >= 0.6 is 0 Å². The largest absolute Gasteiger partial charge is 0.248 e. The summed E-state index contributed by atoms with van der Waals surface area (Å²) in [5.74, 6) is 0. The molecule has 0 nitrogen and oxygen atoms in total. The van der Waals surface area contributed by atoms with E-state index in [2.05, 4.69) is 6.42 Å². The number of unbranched alkanes of at least 4 members (excludes halogenated alkanes) is 5. The molecular formula is C13H25F2. The van der Waals surface area contributed by atoms with Crippen LogP contribution in [-0.2, 0) is 0 Å². The monoisotopic (exact) mass is 219 g/mol. The molecule has 2 atom stereocenters. The second-order valence-electron chi connectivity index (χ2n) is 4.29. The van der Waals surface area contributed by atoms with Gasteiger partial charge in [-0.1, -0.05) is 39.0 Å².